The molecule has 2 aromatic carbocycles. The van der Waals surface area contributed by atoms with Crippen LogP contribution in [0, 0.1) is 0 Å². The zero-order chi connectivity index (χ0) is 25.3. The van der Waals surface area contributed by atoms with Gasteiger partial charge in [-0.1, -0.05) is 19.8 Å². The number of piperidine rings is 1. The van der Waals surface area contributed by atoms with Crippen LogP contribution in [0.4, 0.5) is 5.69 Å². The van der Waals surface area contributed by atoms with E-state index in [2.05, 4.69) is 5.32 Å². The normalized spacial score (nSPS) is 14.3. The van der Waals surface area contributed by atoms with Crippen LogP contribution in [0.5, 0.6) is 5.75 Å². The number of sulfonamides is 1. The highest BCUT2D eigenvalue weighted by Crippen LogP contribution is 2.27. The van der Waals surface area contributed by atoms with Gasteiger partial charge in [-0.3, -0.25) is 4.79 Å². The average Bonchev–Trinajstić information content (AvgIpc) is 2.88. The fourth-order valence-electron chi connectivity index (χ4n) is 3.92. The summed E-state index contributed by atoms with van der Waals surface area (Å²) < 4.78 is 38.2. The molecule has 2 aromatic rings. The van der Waals surface area contributed by atoms with Crippen molar-refractivity contribution in [2.24, 2.45) is 0 Å². The molecule has 0 saturated carbocycles. The van der Waals surface area contributed by atoms with Crippen LogP contribution in [0.25, 0.3) is 0 Å². The highest BCUT2D eigenvalue weighted by molar-refractivity contribution is 7.89. The maximum absolute atomic E-state index is 13.0. The van der Waals surface area contributed by atoms with E-state index in [1.165, 1.54) is 11.4 Å². The number of ether oxygens (including phenoxy) is 2. The number of carbonyl (C=O) groups is 2. The minimum atomic E-state index is -3.58. The van der Waals surface area contributed by atoms with Gasteiger partial charge in [-0.05, 0) is 73.7 Å². The van der Waals surface area contributed by atoms with Crippen LogP contribution >= 0.6 is 0 Å². The molecule has 190 valence electrons. The first-order chi connectivity index (χ1) is 16.8. The summed E-state index contributed by atoms with van der Waals surface area (Å²) in [5, 5.41) is 2.81. The Kier molecular flexibility index (Phi) is 9.68. The van der Waals surface area contributed by atoms with Crippen molar-refractivity contribution >= 4 is 27.6 Å². The van der Waals surface area contributed by atoms with Gasteiger partial charge in [0.15, 0.2) is 0 Å². The second kappa shape index (κ2) is 12.7. The molecule has 0 radical (unpaired) electrons. The zero-order valence-corrected chi connectivity index (χ0v) is 21.2. The van der Waals surface area contributed by atoms with E-state index in [-0.39, 0.29) is 23.2 Å². The molecule has 9 heteroatoms. The Hall–Kier alpha value is -2.91. The molecule has 35 heavy (non-hydrogen) atoms. The van der Waals surface area contributed by atoms with Crippen molar-refractivity contribution in [2.45, 2.75) is 56.8 Å². The maximum Gasteiger partial charge on any atom is 0.338 e. The van der Waals surface area contributed by atoms with Crippen molar-refractivity contribution < 1.29 is 27.5 Å². The first-order valence-electron chi connectivity index (χ1n) is 12.1. The van der Waals surface area contributed by atoms with E-state index < -0.39 is 10.0 Å². The number of rotatable bonds is 11. The average molecular weight is 503 g/mol. The predicted octanol–water partition coefficient (Wildman–Crippen LogP) is 4.40. The molecular formula is C26H34N2O6S. The highest BCUT2D eigenvalue weighted by atomic mass is 32.2. The van der Waals surface area contributed by atoms with Gasteiger partial charge in [0.2, 0.25) is 15.9 Å². The Morgan fingerprint density at radius 3 is 2.40 bits per heavy atom. The van der Waals surface area contributed by atoms with Crippen molar-refractivity contribution in [1.82, 2.24) is 4.31 Å². The molecule has 1 fully saturated rings. The summed E-state index contributed by atoms with van der Waals surface area (Å²) in [6.45, 7) is 3.47. The van der Waals surface area contributed by atoms with Crippen molar-refractivity contribution in [3.63, 3.8) is 0 Å². The number of unbranched alkanes of at least 4 members (excludes halogenated alkanes) is 1. The number of anilines is 1. The topological polar surface area (TPSA) is 102 Å². The molecule has 1 aliphatic rings. The molecule has 0 aliphatic carbocycles. The fraction of sp³-hybridized carbons (Fsp3) is 0.462. The summed E-state index contributed by atoms with van der Waals surface area (Å²) in [5.74, 6) is -0.0706. The molecular weight excluding hydrogens is 468 g/mol. The molecule has 1 aliphatic heterocycles. The van der Waals surface area contributed by atoms with Crippen molar-refractivity contribution in [1.29, 1.82) is 0 Å². The Labute approximate surface area is 207 Å². The third-order valence-corrected chi connectivity index (χ3v) is 7.86. The quantitative estimate of drug-likeness (QED) is 0.361. The minimum Gasteiger partial charge on any atom is -0.496 e. The highest BCUT2D eigenvalue weighted by Gasteiger charge is 2.26. The zero-order valence-electron chi connectivity index (χ0n) is 20.4. The fourth-order valence-corrected chi connectivity index (χ4v) is 5.49. The number of hydrogen-bond donors (Lipinski definition) is 1. The number of benzene rings is 2. The molecule has 3 rings (SSSR count). The second-order valence-electron chi connectivity index (χ2n) is 8.55. The van der Waals surface area contributed by atoms with Crippen molar-refractivity contribution in [3.05, 3.63) is 53.6 Å². The lowest BCUT2D eigenvalue weighted by atomic mass is 10.1. The van der Waals surface area contributed by atoms with Gasteiger partial charge in [-0.2, -0.15) is 4.31 Å². The van der Waals surface area contributed by atoms with E-state index in [0.29, 0.717) is 48.7 Å². The number of aryl methyl sites for hydroxylation is 1. The van der Waals surface area contributed by atoms with Gasteiger partial charge in [-0.15, -0.1) is 0 Å². The van der Waals surface area contributed by atoms with Gasteiger partial charge in [0, 0.05) is 25.2 Å². The summed E-state index contributed by atoms with van der Waals surface area (Å²) in [6, 6.07) is 11.3. The third-order valence-electron chi connectivity index (χ3n) is 5.96. The minimum absolute atomic E-state index is 0.143. The lowest BCUT2D eigenvalue weighted by Gasteiger charge is -2.26. The number of amides is 1. The molecule has 0 aromatic heterocycles. The molecule has 0 unspecified atom stereocenters. The Balaban J connectivity index is 1.61. The van der Waals surface area contributed by atoms with Crippen molar-refractivity contribution in [2.75, 3.05) is 32.1 Å². The Morgan fingerprint density at radius 1 is 1.03 bits per heavy atom. The van der Waals surface area contributed by atoms with Gasteiger partial charge in [0.25, 0.3) is 0 Å². The molecule has 0 bridgehead atoms. The predicted molar refractivity (Wildman–Crippen MR) is 134 cm³/mol. The standard InChI is InChI=1S/C26H34N2O6S/c1-3-4-18-34-26(30)20-8-11-22(12-9-20)27-25(29)15-10-21-19-23(13-14-24(21)33-2)35(31,32)28-16-6-5-7-17-28/h8-9,11-14,19H,3-7,10,15-18H2,1-2H3,(H,27,29). The smallest absolute Gasteiger partial charge is 0.338 e. The van der Waals surface area contributed by atoms with Crippen LogP contribution in [-0.2, 0) is 26.0 Å². The molecule has 1 heterocycles. The first kappa shape index (κ1) is 26.7. The van der Waals surface area contributed by atoms with Crippen LogP contribution in [0.2, 0.25) is 0 Å². The number of nitrogens with one attached hydrogen (secondary N) is 1. The number of methoxy groups -OCH3 is 1. The van der Waals surface area contributed by atoms with Crippen LogP contribution in [-0.4, -0.2) is 51.4 Å². The van der Waals surface area contributed by atoms with E-state index in [9.17, 15) is 18.0 Å². The van der Waals surface area contributed by atoms with Crippen LogP contribution in [0.3, 0.4) is 0 Å². The number of hydrogen-bond acceptors (Lipinski definition) is 6. The lowest BCUT2D eigenvalue weighted by molar-refractivity contribution is -0.116. The van der Waals surface area contributed by atoms with E-state index in [1.54, 1.807) is 42.5 Å². The van der Waals surface area contributed by atoms with Gasteiger partial charge in [-0.25, -0.2) is 13.2 Å². The Bertz CT molecular complexity index is 1110. The largest absolute Gasteiger partial charge is 0.496 e. The van der Waals surface area contributed by atoms with E-state index >= 15 is 0 Å². The molecule has 0 spiro atoms. The van der Waals surface area contributed by atoms with Crippen LogP contribution < -0.4 is 10.1 Å². The Morgan fingerprint density at radius 2 is 1.74 bits per heavy atom. The summed E-state index contributed by atoms with van der Waals surface area (Å²) in [4.78, 5) is 24.8. The second-order valence-corrected chi connectivity index (χ2v) is 10.5. The van der Waals surface area contributed by atoms with Gasteiger partial charge in [0.1, 0.15) is 5.75 Å². The monoisotopic (exact) mass is 502 g/mol. The number of esters is 1. The van der Waals surface area contributed by atoms with Gasteiger partial charge >= 0.3 is 5.97 Å². The van der Waals surface area contributed by atoms with Gasteiger partial charge in [0.05, 0.1) is 24.2 Å². The van der Waals surface area contributed by atoms with Crippen molar-refractivity contribution in [3.8, 4) is 5.75 Å². The SMILES string of the molecule is CCCCOC(=O)c1ccc(NC(=O)CCc2cc(S(=O)(=O)N3CCCCC3)ccc2OC)cc1. The van der Waals surface area contributed by atoms with Crippen LogP contribution in [0.15, 0.2) is 47.4 Å². The lowest BCUT2D eigenvalue weighted by Crippen LogP contribution is -2.35. The summed E-state index contributed by atoms with van der Waals surface area (Å²) in [7, 11) is -2.06. The van der Waals surface area contributed by atoms with Crippen LogP contribution in [0.1, 0.15) is 61.4 Å². The van der Waals surface area contributed by atoms with E-state index in [1.807, 2.05) is 6.92 Å². The molecule has 1 amide bonds. The molecule has 1 N–H and O–H groups in total. The molecule has 8 nitrogen and oxygen atoms in total. The van der Waals surface area contributed by atoms with E-state index in [0.717, 1.165) is 32.1 Å². The summed E-state index contributed by atoms with van der Waals surface area (Å²) in [6.07, 6.45) is 5.00. The van der Waals surface area contributed by atoms with E-state index in [4.69, 9.17) is 9.47 Å². The van der Waals surface area contributed by atoms with Gasteiger partial charge < -0.3 is 14.8 Å². The summed E-state index contributed by atoms with van der Waals surface area (Å²) in [5.41, 5.74) is 1.65. The molecule has 1 saturated heterocycles. The number of carbonyl (C=O) groups excluding carboxylic acids is 2. The first-order valence-corrected chi connectivity index (χ1v) is 13.5. The number of nitrogens with zero attached hydrogens (tertiary/aromatic N) is 1. The third kappa shape index (κ3) is 7.29. The molecule has 0 atom stereocenters. The maximum atomic E-state index is 13.0. The summed E-state index contributed by atoms with van der Waals surface area (Å²) >= 11 is 0.